The average molecular weight is 410 g/mol. The molecule has 1 fully saturated rings. The number of thiazole rings is 1. The Morgan fingerprint density at radius 2 is 2.21 bits per heavy atom. The maximum Gasteiger partial charge on any atom is 0.407 e. The Morgan fingerprint density at radius 3 is 2.82 bits per heavy atom. The minimum atomic E-state index is -0.482. The van der Waals surface area contributed by atoms with Gasteiger partial charge in [0.05, 0.1) is 16.7 Å². The van der Waals surface area contributed by atoms with Gasteiger partial charge in [-0.05, 0) is 34.1 Å². The molecule has 2 heterocycles. The zero-order valence-corrected chi connectivity index (χ0v) is 18.9. The standard InChI is InChI=1S/C20H35N5O2S/c1-7-21-18(22-10-8-16-13-28-17(23-16)14(2)3)25-11-9-15(12-25)24-19(26)27-20(4,5)6/h13-15H,7-12H2,1-6H3,(H,21,22)(H,24,26). The normalized spacial score (nSPS) is 17.9. The highest BCUT2D eigenvalue weighted by Gasteiger charge is 2.27. The molecule has 0 radical (unpaired) electrons. The Balaban J connectivity index is 1.87. The van der Waals surface area contributed by atoms with E-state index in [1.165, 1.54) is 5.01 Å². The topological polar surface area (TPSA) is 78.9 Å². The van der Waals surface area contributed by atoms with Gasteiger partial charge in [-0.2, -0.15) is 0 Å². The first kappa shape index (κ1) is 22.5. The summed E-state index contributed by atoms with van der Waals surface area (Å²) in [7, 11) is 0. The van der Waals surface area contributed by atoms with Gasteiger partial charge < -0.3 is 20.3 Å². The van der Waals surface area contributed by atoms with E-state index in [2.05, 4.69) is 46.7 Å². The molecule has 0 spiro atoms. The van der Waals surface area contributed by atoms with Crippen molar-refractivity contribution in [3.8, 4) is 0 Å². The molecule has 1 aromatic rings. The molecule has 1 unspecified atom stereocenters. The number of hydrogen-bond donors (Lipinski definition) is 2. The fraction of sp³-hybridized carbons (Fsp3) is 0.750. The minimum absolute atomic E-state index is 0.0749. The molecule has 0 aromatic carbocycles. The summed E-state index contributed by atoms with van der Waals surface area (Å²) in [5, 5.41) is 9.64. The minimum Gasteiger partial charge on any atom is -0.444 e. The van der Waals surface area contributed by atoms with E-state index in [0.717, 1.165) is 44.1 Å². The molecule has 2 N–H and O–H groups in total. The third-order valence-electron chi connectivity index (χ3n) is 4.24. The van der Waals surface area contributed by atoms with E-state index in [1.807, 2.05) is 20.8 Å². The number of aromatic nitrogens is 1. The molecule has 7 nitrogen and oxygen atoms in total. The molecule has 8 heteroatoms. The molecule has 1 amide bonds. The molecule has 1 aromatic heterocycles. The summed E-state index contributed by atoms with van der Waals surface area (Å²) in [5.41, 5.74) is 0.628. The van der Waals surface area contributed by atoms with Gasteiger partial charge in [0.2, 0.25) is 0 Å². The van der Waals surface area contributed by atoms with Gasteiger partial charge in [-0.25, -0.2) is 9.78 Å². The van der Waals surface area contributed by atoms with E-state index in [-0.39, 0.29) is 12.1 Å². The van der Waals surface area contributed by atoms with Gasteiger partial charge in [0.1, 0.15) is 5.60 Å². The van der Waals surface area contributed by atoms with E-state index in [4.69, 9.17) is 9.73 Å². The molecule has 1 atom stereocenters. The Kier molecular flexibility index (Phi) is 8.10. The van der Waals surface area contributed by atoms with Crippen molar-refractivity contribution in [3.05, 3.63) is 16.1 Å². The van der Waals surface area contributed by atoms with Crippen LogP contribution < -0.4 is 10.6 Å². The highest BCUT2D eigenvalue weighted by Crippen LogP contribution is 2.19. The fourth-order valence-electron chi connectivity index (χ4n) is 2.95. The van der Waals surface area contributed by atoms with Gasteiger partial charge in [0.25, 0.3) is 0 Å². The van der Waals surface area contributed by atoms with Gasteiger partial charge in [-0.1, -0.05) is 13.8 Å². The average Bonchev–Trinajstić information content (AvgIpc) is 3.21. The first-order chi connectivity index (χ1) is 13.2. The Labute approximate surface area is 173 Å². The van der Waals surface area contributed by atoms with Gasteiger partial charge in [-0.3, -0.25) is 4.99 Å². The van der Waals surface area contributed by atoms with Crippen molar-refractivity contribution in [2.75, 3.05) is 26.2 Å². The highest BCUT2D eigenvalue weighted by molar-refractivity contribution is 7.09. The number of likely N-dealkylation sites (tertiary alicyclic amines) is 1. The van der Waals surface area contributed by atoms with Gasteiger partial charge in [-0.15, -0.1) is 11.3 Å². The summed E-state index contributed by atoms with van der Waals surface area (Å²) in [4.78, 5) is 23.6. The predicted molar refractivity (Wildman–Crippen MR) is 115 cm³/mol. The number of alkyl carbamates (subject to hydrolysis) is 1. The fourth-order valence-corrected chi connectivity index (χ4v) is 3.82. The number of aliphatic imine (C=N–C) groups is 1. The van der Waals surface area contributed by atoms with Crippen molar-refractivity contribution in [3.63, 3.8) is 0 Å². The SMILES string of the molecule is CCNC(=NCCc1csc(C(C)C)n1)N1CCC(NC(=O)OC(C)(C)C)C1. The van der Waals surface area contributed by atoms with E-state index < -0.39 is 5.60 Å². The number of rotatable bonds is 6. The molecule has 0 aliphatic carbocycles. The van der Waals surface area contributed by atoms with E-state index in [0.29, 0.717) is 12.5 Å². The smallest absolute Gasteiger partial charge is 0.407 e. The van der Waals surface area contributed by atoms with Crippen molar-refractivity contribution in [1.82, 2.24) is 20.5 Å². The zero-order chi connectivity index (χ0) is 20.7. The summed E-state index contributed by atoms with van der Waals surface area (Å²) < 4.78 is 5.36. The molecule has 1 aliphatic rings. The quantitative estimate of drug-likeness (QED) is 0.556. The molecule has 0 saturated carbocycles. The van der Waals surface area contributed by atoms with Crippen LogP contribution in [0.1, 0.15) is 64.6 Å². The number of hydrogen-bond acceptors (Lipinski definition) is 5. The van der Waals surface area contributed by atoms with Crippen molar-refractivity contribution < 1.29 is 9.53 Å². The number of nitrogens with one attached hydrogen (secondary N) is 2. The molecule has 158 valence electrons. The molecule has 2 rings (SSSR count). The molecule has 0 bridgehead atoms. The summed E-state index contributed by atoms with van der Waals surface area (Å²) in [6, 6.07) is 0.0749. The number of amides is 1. The van der Waals surface area contributed by atoms with Crippen molar-refractivity contribution in [2.45, 2.75) is 71.9 Å². The first-order valence-corrected chi connectivity index (χ1v) is 11.0. The lowest BCUT2D eigenvalue weighted by molar-refractivity contribution is 0.0507. The van der Waals surface area contributed by atoms with Crippen LogP contribution >= 0.6 is 11.3 Å². The van der Waals surface area contributed by atoms with E-state index in [1.54, 1.807) is 11.3 Å². The largest absolute Gasteiger partial charge is 0.444 e. The third-order valence-corrected chi connectivity index (χ3v) is 5.43. The van der Waals surface area contributed by atoms with Crippen molar-refractivity contribution in [2.24, 2.45) is 4.99 Å². The first-order valence-electron chi connectivity index (χ1n) is 10.1. The van der Waals surface area contributed by atoms with Gasteiger partial charge in [0.15, 0.2) is 5.96 Å². The van der Waals surface area contributed by atoms with Crippen LogP contribution in [0.4, 0.5) is 4.79 Å². The summed E-state index contributed by atoms with van der Waals surface area (Å²) >= 11 is 1.72. The number of carbonyl (C=O) groups is 1. The monoisotopic (exact) mass is 409 g/mol. The molecule has 1 saturated heterocycles. The van der Waals surface area contributed by atoms with E-state index >= 15 is 0 Å². The molecular formula is C20H35N5O2S. The van der Waals surface area contributed by atoms with Crippen LogP contribution in [0, 0.1) is 0 Å². The highest BCUT2D eigenvalue weighted by atomic mass is 32.1. The van der Waals surface area contributed by atoms with Crippen LogP contribution in [-0.4, -0.2) is 59.8 Å². The summed E-state index contributed by atoms with van der Waals surface area (Å²) in [6.45, 7) is 15.1. The number of nitrogens with zero attached hydrogens (tertiary/aromatic N) is 3. The number of ether oxygens (including phenoxy) is 1. The van der Waals surface area contributed by atoms with Crippen LogP contribution in [0.25, 0.3) is 0 Å². The Hall–Kier alpha value is -1.83. The Morgan fingerprint density at radius 1 is 1.46 bits per heavy atom. The van der Waals surface area contributed by atoms with Crippen molar-refractivity contribution in [1.29, 1.82) is 0 Å². The molecule has 1 aliphatic heterocycles. The Bertz CT molecular complexity index is 666. The number of carbonyl (C=O) groups excluding carboxylic acids is 1. The van der Waals surface area contributed by atoms with Gasteiger partial charge in [0, 0.05) is 43.9 Å². The van der Waals surface area contributed by atoms with Crippen molar-refractivity contribution >= 4 is 23.4 Å². The second kappa shape index (κ2) is 10.1. The predicted octanol–water partition coefficient (Wildman–Crippen LogP) is 3.37. The number of guanidine groups is 1. The van der Waals surface area contributed by atoms with Crippen LogP contribution in [0.3, 0.4) is 0 Å². The van der Waals surface area contributed by atoms with E-state index in [9.17, 15) is 4.79 Å². The lowest BCUT2D eigenvalue weighted by Crippen LogP contribution is -2.44. The lowest BCUT2D eigenvalue weighted by atomic mass is 10.2. The van der Waals surface area contributed by atoms with Crippen LogP contribution in [0.15, 0.2) is 10.4 Å². The maximum absolute atomic E-state index is 12.0. The summed E-state index contributed by atoms with van der Waals surface area (Å²) in [5.74, 6) is 1.37. The third kappa shape index (κ3) is 7.30. The van der Waals surface area contributed by atoms with Crippen LogP contribution in [-0.2, 0) is 11.2 Å². The van der Waals surface area contributed by atoms with Gasteiger partial charge >= 0.3 is 6.09 Å². The van der Waals surface area contributed by atoms with Crippen LogP contribution in [0.2, 0.25) is 0 Å². The second-order valence-electron chi connectivity index (χ2n) is 8.40. The second-order valence-corrected chi connectivity index (χ2v) is 9.28. The molecular weight excluding hydrogens is 374 g/mol. The summed E-state index contributed by atoms with van der Waals surface area (Å²) in [6.07, 6.45) is 1.37. The zero-order valence-electron chi connectivity index (χ0n) is 18.0. The molecule has 28 heavy (non-hydrogen) atoms. The lowest BCUT2D eigenvalue weighted by Gasteiger charge is -2.23. The maximum atomic E-state index is 12.0. The van der Waals surface area contributed by atoms with Crippen LogP contribution in [0.5, 0.6) is 0 Å².